The smallest absolute Gasteiger partial charge is 0.165 e. The Balaban J connectivity index is 2.44. The van der Waals surface area contributed by atoms with Gasteiger partial charge in [0, 0.05) is 20.0 Å². The van der Waals surface area contributed by atoms with E-state index < -0.39 is 5.79 Å². The van der Waals surface area contributed by atoms with Gasteiger partial charge in [-0.15, -0.1) is 0 Å². The van der Waals surface area contributed by atoms with Crippen molar-refractivity contribution in [3.63, 3.8) is 0 Å². The molecule has 1 atom stereocenters. The third kappa shape index (κ3) is 5.07. The molecule has 0 aliphatic rings. The summed E-state index contributed by atoms with van der Waals surface area (Å²) in [6, 6.07) is 7.07. The summed E-state index contributed by atoms with van der Waals surface area (Å²) in [7, 11) is 1.56. The zero-order valence-electron chi connectivity index (χ0n) is 11.4. The summed E-state index contributed by atoms with van der Waals surface area (Å²) in [6.07, 6.45) is 5.24. The van der Waals surface area contributed by atoms with E-state index >= 15 is 0 Å². The van der Waals surface area contributed by atoms with Crippen LogP contribution in [-0.2, 0) is 11.2 Å². The van der Waals surface area contributed by atoms with Gasteiger partial charge < -0.3 is 14.9 Å². The Morgan fingerprint density at radius 1 is 1.11 bits per heavy atom. The van der Waals surface area contributed by atoms with E-state index in [1.165, 1.54) is 0 Å². The van der Waals surface area contributed by atoms with Crippen LogP contribution >= 0.6 is 0 Å². The van der Waals surface area contributed by atoms with Gasteiger partial charge in [0.1, 0.15) is 5.75 Å². The van der Waals surface area contributed by atoms with Crippen LogP contribution in [0.3, 0.4) is 0 Å². The predicted molar refractivity (Wildman–Crippen MR) is 72.5 cm³/mol. The van der Waals surface area contributed by atoms with E-state index in [0.717, 1.165) is 31.2 Å². The Morgan fingerprint density at radius 2 is 1.78 bits per heavy atom. The second-order valence-electron chi connectivity index (χ2n) is 4.77. The minimum absolute atomic E-state index is 0.267. The first-order valence-electron chi connectivity index (χ1n) is 6.65. The molecule has 1 unspecified atom stereocenters. The van der Waals surface area contributed by atoms with Gasteiger partial charge in [-0.25, -0.2) is 0 Å². The molecule has 3 heteroatoms. The minimum atomic E-state index is -1.02. The monoisotopic (exact) mass is 252 g/mol. The highest BCUT2D eigenvalue weighted by atomic mass is 16.6. The maximum absolute atomic E-state index is 10.3. The molecule has 0 fully saturated rings. The molecular formula is C15H24O3. The summed E-state index contributed by atoms with van der Waals surface area (Å²) < 4.78 is 5.24. The number of phenolic OH excluding ortho intramolecular Hbond substituents is 1. The lowest BCUT2D eigenvalue weighted by atomic mass is 9.99. The molecule has 0 aliphatic carbocycles. The van der Waals surface area contributed by atoms with Crippen LogP contribution in [0.2, 0.25) is 0 Å². The molecular weight excluding hydrogens is 228 g/mol. The first-order chi connectivity index (χ1) is 8.59. The third-order valence-electron chi connectivity index (χ3n) is 3.29. The molecule has 102 valence electrons. The molecule has 0 saturated heterocycles. The van der Waals surface area contributed by atoms with Crippen molar-refractivity contribution in [3.05, 3.63) is 29.8 Å². The molecule has 0 spiro atoms. The summed E-state index contributed by atoms with van der Waals surface area (Å²) in [4.78, 5) is 0. The predicted octanol–water partition coefficient (Wildman–Crippen LogP) is 3.24. The lowest BCUT2D eigenvalue weighted by molar-refractivity contribution is -0.194. The Hall–Kier alpha value is -1.06. The van der Waals surface area contributed by atoms with Crippen molar-refractivity contribution in [2.24, 2.45) is 0 Å². The fourth-order valence-corrected chi connectivity index (χ4v) is 1.98. The van der Waals surface area contributed by atoms with Gasteiger partial charge in [-0.05, 0) is 30.5 Å². The van der Waals surface area contributed by atoms with Gasteiger partial charge in [-0.3, -0.25) is 0 Å². The van der Waals surface area contributed by atoms with Crippen molar-refractivity contribution < 1.29 is 14.9 Å². The molecule has 1 aromatic rings. The number of ether oxygens (including phenoxy) is 1. The van der Waals surface area contributed by atoms with Gasteiger partial charge in [-0.1, -0.05) is 31.9 Å². The van der Waals surface area contributed by atoms with Gasteiger partial charge in [0.25, 0.3) is 0 Å². The van der Waals surface area contributed by atoms with E-state index in [1.807, 2.05) is 12.1 Å². The number of unbranched alkanes of at least 4 members (excludes halogenated alkanes) is 2. The Morgan fingerprint density at radius 3 is 2.33 bits per heavy atom. The number of benzene rings is 1. The minimum Gasteiger partial charge on any atom is -0.508 e. The van der Waals surface area contributed by atoms with Crippen molar-refractivity contribution in [2.45, 2.75) is 51.2 Å². The maximum Gasteiger partial charge on any atom is 0.165 e. The largest absolute Gasteiger partial charge is 0.508 e. The first kappa shape index (κ1) is 15.0. The van der Waals surface area contributed by atoms with Crippen LogP contribution in [0, 0.1) is 0 Å². The van der Waals surface area contributed by atoms with E-state index in [-0.39, 0.29) is 5.75 Å². The number of aliphatic hydroxyl groups is 1. The van der Waals surface area contributed by atoms with Crippen molar-refractivity contribution in [2.75, 3.05) is 7.11 Å². The number of hydrogen-bond donors (Lipinski definition) is 2. The Kier molecular flexibility index (Phi) is 6.16. The lowest BCUT2D eigenvalue weighted by Crippen LogP contribution is -2.31. The molecule has 3 nitrogen and oxygen atoms in total. The number of aryl methyl sites for hydroxylation is 1. The van der Waals surface area contributed by atoms with Gasteiger partial charge in [0.05, 0.1) is 0 Å². The van der Waals surface area contributed by atoms with E-state index in [4.69, 9.17) is 4.74 Å². The second-order valence-corrected chi connectivity index (χ2v) is 4.77. The molecule has 1 aromatic carbocycles. The van der Waals surface area contributed by atoms with Gasteiger partial charge >= 0.3 is 0 Å². The molecule has 0 heterocycles. The molecule has 2 N–H and O–H groups in total. The van der Waals surface area contributed by atoms with Crippen LogP contribution in [0.15, 0.2) is 24.3 Å². The number of aromatic hydroxyl groups is 1. The molecule has 18 heavy (non-hydrogen) atoms. The van der Waals surface area contributed by atoms with Crippen LogP contribution < -0.4 is 0 Å². The van der Waals surface area contributed by atoms with Crippen molar-refractivity contribution in [1.29, 1.82) is 0 Å². The SMILES string of the molecule is CCCCCC(O)(CCc1ccc(O)cc1)OC. The summed E-state index contributed by atoms with van der Waals surface area (Å²) in [6.45, 7) is 2.14. The summed E-state index contributed by atoms with van der Waals surface area (Å²) in [5.41, 5.74) is 1.10. The van der Waals surface area contributed by atoms with Gasteiger partial charge in [-0.2, -0.15) is 0 Å². The average Bonchev–Trinajstić information content (AvgIpc) is 2.38. The van der Waals surface area contributed by atoms with Crippen LogP contribution in [0.1, 0.15) is 44.6 Å². The molecule has 0 bridgehead atoms. The fraction of sp³-hybridized carbons (Fsp3) is 0.600. The van der Waals surface area contributed by atoms with Crippen LogP contribution in [0.4, 0.5) is 0 Å². The van der Waals surface area contributed by atoms with Gasteiger partial charge in [0.2, 0.25) is 0 Å². The zero-order valence-corrected chi connectivity index (χ0v) is 11.4. The van der Waals surface area contributed by atoms with E-state index in [1.54, 1.807) is 19.2 Å². The van der Waals surface area contributed by atoms with Crippen molar-refractivity contribution in [3.8, 4) is 5.75 Å². The van der Waals surface area contributed by atoms with Crippen molar-refractivity contribution >= 4 is 0 Å². The van der Waals surface area contributed by atoms with Crippen LogP contribution in [-0.4, -0.2) is 23.1 Å². The molecule has 0 radical (unpaired) electrons. The molecule has 0 amide bonds. The highest BCUT2D eigenvalue weighted by molar-refractivity contribution is 5.25. The number of rotatable bonds is 8. The van der Waals surface area contributed by atoms with Gasteiger partial charge in [0.15, 0.2) is 5.79 Å². The third-order valence-corrected chi connectivity index (χ3v) is 3.29. The maximum atomic E-state index is 10.3. The topological polar surface area (TPSA) is 49.7 Å². The summed E-state index contributed by atoms with van der Waals surface area (Å²) in [5.74, 6) is -0.753. The second kappa shape index (κ2) is 7.39. The zero-order chi connectivity index (χ0) is 13.4. The van der Waals surface area contributed by atoms with Crippen molar-refractivity contribution in [1.82, 2.24) is 0 Å². The van der Waals surface area contributed by atoms with E-state index in [0.29, 0.717) is 12.8 Å². The average molecular weight is 252 g/mol. The Labute approximate surface area is 109 Å². The summed E-state index contributed by atoms with van der Waals surface area (Å²) in [5, 5.41) is 19.5. The lowest BCUT2D eigenvalue weighted by Gasteiger charge is -2.26. The number of phenols is 1. The summed E-state index contributed by atoms with van der Waals surface area (Å²) >= 11 is 0. The van der Waals surface area contributed by atoms with Crippen LogP contribution in [0.25, 0.3) is 0 Å². The highest BCUT2D eigenvalue weighted by Gasteiger charge is 2.25. The fourth-order valence-electron chi connectivity index (χ4n) is 1.98. The first-order valence-corrected chi connectivity index (χ1v) is 6.65. The Bertz CT molecular complexity index is 334. The standard InChI is InChI=1S/C15H24O3/c1-3-4-5-11-15(17,18-2)12-10-13-6-8-14(16)9-7-13/h6-9,16-17H,3-5,10-12H2,1-2H3. The highest BCUT2D eigenvalue weighted by Crippen LogP contribution is 2.23. The molecule has 0 aromatic heterocycles. The number of methoxy groups -OCH3 is 1. The van der Waals surface area contributed by atoms with Crippen LogP contribution in [0.5, 0.6) is 5.75 Å². The quantitative estimate of drug-likeness (QED) is 0.551. The normalized spacial score (nSPS) is 14.4. The molecule has 0 aliphatic heterocycles. The number of hydrogen-bond acceptors (Lipinski definition) is 3. The van der Waals surface area contributed by atoms with E-state index in [2.05, 4.69) is 6.92 Å². The molecule has 1 rings (SSSR count). The van der Waals surface area contributed by atoms with E-state index in [9.17, 15) is 10.2 Å². The molecule has 0 saturated carbocycles.